The molecule has 1 aliphatic heterocycles. The number of hydrogen-bond donors (Lipinski definition) is 0. The molecule has 0 N–H and O–H groups in total. The van der Waals surface area contributed by atoms with Gasteiger partial charge in [0.2, 0.25) is 0 Å². The highest BCUT2D eigenvalue weighted by molar-refractivity contribution is 6.43. The van der Waals surface area contributed by atoms with Gasteiger partial charge < -0.3 is 8.96 Å². The number of rotatable bonds is 6. The SMILES string of the molecule is CCC1=N/C(=C(/c2ccc(CC)n2B(F)F)c2nc3ccccc3n2B(F)F)C=C1. The molecule has 0 unspecified atom stereocenters. The van der Waals surface area contributed by atoms with Gasteiger partial charge in [-0.25, -0.2) is 4.98 Å². The van der Waals surface area contributed by atoms with Crippen molar-refractivity contribution in [1.29, 1.82) is 0 Å². The molecule has 2 aromatic heterocycles. The number of aromatic nitrogens is 3. The maximum atomic E-state index is 14.1. The molecule has 4 nitrogen and oxygen atoms in total. The molecule has 0 bridgehead atoms. The van der Waals surface area contributed by atoms with Crippen molar-refractivity contribution >= 4 is 37.1 Å². The van der Waals surface area contributed by atoms with Gasteiger partial charge in [-0.15, -0.1) is 0 Å². The summed E-state index contributed by atoms with van der Waals surface area (Å²) in [4.78, 5) is 8.90. The zero-order valence-corrected chi connectivity index (χ0v) is 16.5. The van der Waals surface area contributed by atoms with Crippen LogP contribution in [-0.2, 0) is 6.42 Å². The van der Waals surface area contributed by atoms with Gasteiger partial charge in [0.15, 0.2) is 0 Å². The first kappa shape index (κ1) is 20.3. The first-order valence-electron chi connectivity index (χ1n) is 9.70. The number of nitrogens with zero attached hydrogens (tertiary/aromatic N) is 4. The fourth-order valence-corrected chi connectivity index (χ4v) is 3.73. The molecule has 0 atom stereocenters. The van der Waals surface area contributed by atoms with Crippen LogP contribution < -0.4 is 0 Å². The molecule has 0 amide bonds. The second kappa shape index (κ2) is 8.01. The van der Waals surface area contributed by atoms with Crippen LogP contribution in [0.5, 0.6) is 0 Å². The predicted octanol–water partition coefficient (Wildman–Crippen LogP) is 5.12. The van der Waals surface area contributed by atoms with Crippen molar-refractivity contribution < 1.29 is 17.3 Å². The number of allylic oxidation sites excluding steroid dienone is 2. The van der Waals surface area contributed by atoms with Gasteiger partial charge in [0, 0.05) is 17.1 Å². The summed E-state index contributed by atoms with van der Waals surface area (Å²) < 4.78 is 57.9. The van der Waals surface area contributed by atoms with E-state index in [4.69, 9.17) is 0 Å². The van der Waals surface area contributed by atoms with Crippen molar-refractivity contribution in [3.05, 3.63) is 71.5 Å². The number of halogens is 4. The van der Waals surface area contributed by atoms with Crippen LogP contribution in [0.4, 0.5) is 17.3 Å². The first-order chi connectivity index (χ1) is 14.5. The van der Waals surface area contributed by atoms with Crippen molar-refractivity contribution in [3.8, 4) is 0 Å². The van der Waals surface area contributed by atoms with E-state index in [1.54, 1.807) is 43.3 Å². The Morgan fingerprint density at radius 1 is 0.900 bits per heavy atom. The van der Waals surface area contributed by atoms with Crippen LogP contribution in [0.1, 0.15) is 37.5 Å². The molecular weight excluding hydrogens is 394 g/mol. The summed E-state index contributed by atoms with van der Waals surface area (Å²) >= 11 is 0. The zero-order valence-electron chi connectivity index (χ0n) is 16.5. The number of imidazole rings is 1. The van der Waals surface area contributed by atoms with Crippen LogP contribution >= 0.6 is 0 Å². The first-order valence-corrected chi connectivity index (χ1v) is 9.70. The summed E-state index contributed by atoms with van der Waals surface area (Å²) in [5.74, 6) is -0.0883. The van der Waals surface area contributed by atoms with E-state index >= 15 is 0 Å². The standard InChI is InChI=1S/C20H18B2F4N4/c1-3-13-9-11-16(27-13)19(18-12-10-14(4-2)29(18)21(23)24)20-28-15-7-5-6-8-17(15)30(20)22(25)26/h5-12H,3-4H2,1-2H3/b19-16-. The summed E-state index contributed by atoms with van der Waals surface area (Å²) in [6.45, 7) is 3.68. The Hall–Kier alpha value is -3.03. The fraction of sp³-hybridized carbons (Fsp3) is 0.200. The Morgan fingerprint density at radius 3 is 2.27 bits per heavy atom. The maximum Gasteiger partial charge on any atom is 0.679 e. The Balaban J connectivity index is 2.09. The van der Waals surface area contributed by atoms with Crippen molar-refractivity contribution in [2.24, 2.45) is 4.99 Å². The lowest BCUT2D eigenvalue weighted by atomic mass is 10.0. The normalized spacial score (nSPS) is 15.1. The van der Waals surface area contributed by atoms with Crippen LogP contribution in [-0.4, -0.2) is 34.5 Å². The molecule has 152 valence electrons. The molecule has 1 aliphatic rings. The van der Waals surface area contributed by atoms with Gasteiger partial charge >= 0.3 is 14.8 Å². The number of aliphatic imine (C=N–C) groups is 1. The lowest BCUT2D eigenvalue weighted by Crippen LogP contribution is -2.21. The Morgan fingerprint density at radius 2 is 1.63 bits per heavy atom. The van der Waals surface area contributed by atoms with Gasteiger partial charge in [-0.1, -0.05) is 26.0 Å². The predicted molar refractivity (Wildman–Crippen MR) is 113 cm³/mol. The topological polar surface area (TPSA) is 35.1 Å². The molecule has 1 aromatic carbocycles. The molecule has 0 radical (unpaired) electrons. The molecule has 0 saturated carbocycles. The van der Waals surface area contributed by atoms with E-state index in [0.717, 1.165) is 14.7 Å². The summed E-state index contributed by atoms with van der Waals surface area (Å²) in [5.41, 5.74) is 2.34. The summed E-state index contributed by atoms with van der Waals surface area (Å²) in [5, 5.41) is 0. The summed E-state index contributed by atoms with van der Waals surface area (Å²) in [7, 11) is -5.73. The Bertz CT molecular complexity index is 1190. The number of aryl methyl sites for hydroxylation is 1. The lowest BCUT2D eigenvalue weighted by molar-refractivity contribution is 0.620. The number of hydrogen-bond acceptors (Lipinski definition) is 2. The molecule has 0 fully saturated rings. The van der Waals surface area contributed by atoms with E-state index in [-0.39, 0.29) is 22.6 Å². The van der Waals surface area contributed by atoms with E-state index in [1.807, 2.05) is 6.92 Å². The third kappa shape index (κ3) is 3.30. The van der Waals surface area contributed by atoms with E-state index < -0.39 is 14.8 Å². The van der Waals surface area contributed by atoms with E-state index in [0.29, 0.717) is 29.7 Å². The third-order valence-electron chi connectivity index (χ3n) is 5.15. The van der Waals surface area contributed by atoms with Crippen molar-refractivity contribution in [2.75, 3.05) is 0 Å². The van der Waals surface area contributed by atoms with Crippen molar-refractivity contribution in [2.45, 2.75) is 26.7 Å². The van der Waals surface area contributed by atoms with Gasteiger partial charge in [0.1, 0.15) is 5.82 Å². The monoisotopic (exact) mass is 412 g/mol. The highest BCUT2D eigenvalue weighted by Gasteiger charge is 2.32. The number of fused-ring (bicyclic) bond motifs is 1. The molecule has 4 rings (SSSR count). The van der Waals surface area contributed by atoms with Gasteiger partial charge in [-0.05, 0) is 49.3 Å². The highest BCUT2D eigenvalue weighted by atomic mass is 19.2. The molecule has 3 heterocycles. The average molecular weight is 412 g/mol. The van der Waals surface area contributed by atoms with Crippen LogP contribution in [0, 0.1) is 0 Å². The van der Waals surface area contributed by atoms with E-state index in [2.05, 4.69) is 9.98 Å². The zero-order chi connectivity index (χ0) is 21.4. The van der Waals surface area contributed by atoms with E-state index in [1.165, 1.54) is 12.1 Å². The smallest absolute Gasteiger partial charge is 0.329 e. The van der Waals surface area contributed by atoms with Crippen LogP contribution in [0.3, 0.4) is 0 Å². The Kier molecular flexibility index (Phi) is 5.40. The number of benzene rings is 1. The summed E-state index contributed by atoms with van der Waals surface area (Å²) in [6.07, 6.45) is 4.44. The van der Waals surface area contributed by atoms with Crippen LogP contribution in [0.2, 0.25) is 0 Å². The quantitative estimate of drug-likeness (QED) is 0.409. The molecule has 3 aromatic rings. The fourth-order valence-electron chi connectivity index (χ4n) is 3.73. The average Bonchev–Trinajstić information content (AvgIpc) is 3.44. The minimum absolute atomic E-state index is 0.0883. The van der Waals surface area contributed by atoms with Gasteiger partial charge in [0.25, 0.3) is 0 Å². The van der Waals surface area contributed by atoms with Crippen LogP contribution in [0.15, 0.2) is 59.2 Å². The minimum atomic E-state index is -2.90. The molecule has 30 heavy (non-hydrogen) atoms. The molecular formula is C20H18B2F4N4. The van der Waals surface area contributed by atoms with Gasteiger partial charge in [0.05, 0.1) is 22.3 Å². The molecule has 0 spiro atoms. The highest BCUT2D eigenvalue weighted by Crippen LogP contribution is 2.34. The summed E-state index contributed by atoms with van der Waals surface area (Å²) in [6, 6.07) is 9.60. The maximum absolute atomic E-state index is 14.1. The largest absolute Gasteiger partial charge is 0.679 e. The number of para-hydroxylation sites is 2. The lowest BCUT2D eigenvalue weighted by Gasteiger charge is -2.15. The second-order valence-corrected chi connectivity index (χ2v) is 6.83. The van der Waals surface area contributed by atoms with Gasteiger partial charge in [-0.2, -0.15) is 0 Å². The molecule has 0 saturated heterocycles. The second-order valence-electron chi connectivity index (χ2n) is 6.83. The molecule has 0 aliphatic carbocycles. The minimum Gasteiger partial charge on any atom is -0.329 e. The Labute approximate surface area is 172 Å². The van der Waals surface area contributed by atoms with Crippen molar-refractivity contribution in [1.82, 2.24) is 13.9 Å². The third-order valence-corrected chi connectivity index (χ3v) is 5.15. The van der Waals surface area contributed by atoms with Crippen molar-refractivity contribution in [3.63, 3.8) is 0 Å². The molecule has 10 heteroatoms. The van der Waals surface area contributed by atoms with E-state index in [9.17, 15) is 17.3 Å². The van der Waals surface area contributed by atoms with Gasteiger partial charge in [-0.3, -0.25) is 22.3 Å². The van der Waals surface area contributed by atoms with Crippen LogP contribution in [0.25, 0.3) is 16.6 Å².